The average Bonchev–Trinajstić information content (AvgIpc) is 2.56. The summed E-state index contributed by atoms with van der Waals surface area (Å²) in [5.41, 5.74) is 8.31. The number of nitrogens with two attached hydrogens (primary N) is 1. The van der Waals surface area contributed by atoms with E-state index in [2.05, 4.69) is 6.58 Å². The highest BCUT2D eigenvalue weighted by molar-refractivity contribution is 6.12. The zero-order chi connectivity index (χ0) is 16.8. The molecule has 0 aliphatic carbocycles. The maximum atomic E-state index is 13.1. The molecule has 0 fully saturated rings. The number of benzene rings is 2. The van der Waals surface area contributed by atoms with E-state index >= 15 is 0 Å². The zero-order valence-corrected chi connectivity index (χ0v) is 12.9. The monoisotopic (exact) mass is 311 g/mol. The van der Waals surface area contributed by atoms with E-state index in [1.165, 1.54) is 24.3 Å². The van der Waals surface area contributed by atoms with Gasteiger partial charge in [-0.15, -0.1) is 0 Å². The van der Waals surface area contributed by atoms with Gasteiger partial charge in [-0.3, -0.25) is 0 Å². The van der Waals surface area contributed by atoms with Gasteiger partial charge in [0, 0.05) is 0 Å². The molecule has 0 unspecified atom stereocenters. The Labute approximate surface area is 134 Å². The van der Waals surface area contributed by atoms with Crippen molar-refractivity contribution in [2.75, 3.05) is 6.61 Å². The molecule has 2 N–H and O–H groups in total. The van der Waals surface area contributed by atoms with Crippen molar-refractivity contribution in [3.05, 3.63) is 83.7 Å². The lowest BCUT2D eigenvalue weighted by atomic mass is 9.95. The van der Waals surface area contributed by atoms with Crippen LogP contribution < -0.4 is 5.73 Å². The van der Waals surface area contributed by atoms with Gasteiger partial charge in [-0.05, 0) is 47.9 Å². The first-order chi connectivity index (χ1) is 11.0. The molecule has 0 aromatic heterocycles. The minimum atomic E-state index is -0.553. The lowest BCUT2D eigenvalue weighted by molar-refractivity contribution is -0.137. The Morgan fingerprint density at radius 2 is 1.70 bits per heavy atom. The molecule has 0 aliphatic rings. The molecule has 2 rings (SSSR count). The molecule has 23 heavy (non-hydrogen) atoms. The molecule has 0 radical (unpaired) electrons. The van der Waals surface area contributed by atoms with Crippen LogP contribution in [0.15, 0.2) is 66.7 Å². The van der Waals surface area contributed by atoms with Crippen molar-refractivity contribution < 1.29 is 13.9 Å². The van der Waals surface area contributed by atoms with Crippen LogP contribution >= 0.6 is 0 Å². The maximum Gasteiger partial charge on any atom is 0.340 e. The summed E-state index contributed by atoms with van der Waals surface area (Å²) in [7, 11) is 0. The molecule has 3 nitrogen and oxygen atoms in total. The van der Waals surface area contributed by atoms with Crippen LogP contribution in [0.2, 0.25) is 0 Å². The Bertz CT molecular complexity index is 734. The predicted molar refractivity (Wildman–Crippen MR) is 89.6 cm³/mol. The molecule has 2 aromatic carbocycles. The highest BCUT2D eigenvalue weighted by Gasteiger charge is 2.20. The topological polar surface area (TPSA) is 52.3 Å². The third-order valence-electron chi connectivity index (χ3n) is 3.33. The molecule has 0 atom stereocenters. The summed E-state index contributed by atoms with van der Waals surface area (Å²) < 4.78 is 18.2. The molecule has 2 aromatic rings. The summed E-state index contributed by atoms with van der Waals surface area (Å²) in [6.45, 7) is 5.92. The number of esters is 1. The van der Waals surface area contributed by atoms with E-state index < -0.39 is 5.97 Å². The highest BCUT2D eigenvalue weighted by atomic mass is 19.1. The van der Waals surface area contributed by atoms with Crippen LogP contribution in [-0.2, 0) is 9.53 Å². The van der Waals surface area contributed by atoms with Gasteiger partial charge >= 0.3 is 5.97 Å². The molecular weight excluding hydrogens is 293 g/mol. The molecule has 4 heteroatoms. The number of hydrogen-bond acceptors (Lipinski definition) is 3. The second-order valence-corrected chi connectivity index (χ2v) is 4.86. The standard InChI is InChI=1S/C19H18FNO2/c1-3-23-19(22)17(13(2)14-7-5-4-6-8-14)18(21)15-9-11-16(20)12-10-15/h4-12H,2-3,21H2,1H3/b18-17-. The molecule has 0 aliphatic heterocycles. The van der Waals surface area contributed by atoms with Crippen LogP contribution in [0.3, 0.4) is 0 Å². The first-order valence-electron chi connectivity index (χ1n) is 7.22. The summed E-state index contributed by atoms with van der Waals surface area (Å²) >= 11 is 0. The van der Waals surface area contributed by atoms with Crippen LogP contribution in [-0.4, -0.2) is 12.6 Å². The van der Waals surface area contributed by atoms with E-state index in [-0.39, 0.29) is 23.7 Å². The van der Waals surface area contributed by atoms with Crippen molar-refractivity contribution in [1.82, 2.24) is 0 Å². The zero-order valence-electron chi connectivity index (χ0n) is 12.9. The molecule has 0 spiro atoms. The van der Waals surface area contributed by atoms with Gasteiger partial charge in [-0.2, -0.15) is 0 Å². The third kappa shape index (κ3) is 3.86. The van der Waals surface area contributed by atoms with E-state index in [0.717, 1.165) is 5.56 Å². The van der Waals surface area contributed by atoms with Crippen molar-refractivity contribution >= 4 is 17.2 Å². The van der Waals surface area contributed by atoms with Crippen LogP contribution in [0.25, 0.3) is 11.3 Å². The normalized spacial score (nSPS) is 11.6. The van der Waals surface area contributed by atoms with Crippen molar-refractivity contribution in [2.24, 2.45) is 5.73 Å². The quantitative estimate of drug-likeness (QED) is 0.519. The number of carbonyl (C=O) groups excluding carboxylic acids is 1. The van der Waals surface area contributed by atoms with Crippen molar-refractivity contribution in [2.45, 2.75) is 6.92 Å². The molecule has 0 bridgehead atoms. The Morgan fingerprint density at radius 1 is 1.09 bits per heavy atom. The Hall–Kier alpha value is -2.88. The molecule has 0 saturated heterocycles. The molecule has 0 heterocycles. The molecular formula is C19H18FNO2. The molecule has 0 amide bonds. The van der Waals surface area contributed by atoms with Crippen LogP contribution in [0.4, 0.5) is 4.39 Å². The number of halogens is 1. The van der Waals surface area contributed by atoms with E-state index in [0.29, 0.717) is 11.1 Å². The van der Waals surface area contributed by atoms with Gasteiger partial charge in [-0.25, -0.2) is 9.18 Å². The minimum Gasteiger partial charge on any atom is -0.462 e. The van der Waals surface area contributed by atoms with E-state index in [4.69, 9.17) is 10.5 Å². The lowest BCUT2D eigenvalue weighted by Gasteiger charge is -2.14. The van der Waals surface area contributed by atoms with Gasteiger partial charge in [0.2, 0.25) is 0 Å². The van der Waals surface area contributed by atoms with E-state index in [1.807, 2.05) is 30.3 Å². The second kappa shape index (κ2) is 7.40. The predicted octanol–water partition coefficient (Wildman–Crippen LogP) is 3.77. The molecule has 118 valence electrons. The van der Waals surface area contributed by atoms with E-state index in [1.54, 1.807) is 6.92 Å². The Balaban J connectivity index is 2.53. The fourth-order valence-corrected chi connectivity index (χ4v) is 2.16. The highest BCUT2D eigenvalue weighted by Crippen LogP contribution is 2.27. The van der Waals surface area contributed by atoms with Gasteiger partial charge in [0.1, 0.15) is 5.82 Å². The largest absolute Gasteiger partial charge is 0.462 e. The van der Waals surface area contributed by atoms with Gasteiger partial charge < -0.3 is 10.5 Å². The fraction of sp³-hybridized carbons (Fsp3) is 0.105. The average molecular weight is 311 g/mol. The first-order valence-corrected chi connectivity index (χ1v) is 7.22. The number of hydrogen-bond donors (Lipinski definition) is 1. The number of ether oxygens (including phenoxy) is 1. The smallest absolute Gasteiger partial charge is 0.340 e. The fourth-order valence-electron chi connectivity index (χ4n) is 2.16. The Morgan fingerprint density at radius 3 is 2.26 bits per heavy atom. The third-order valence-corrected chi connectivity index (χ3v) is 3.33. The Kier molecular flexibility index (Phi) is 5.31. The van der Waals surface area contributed by atoms with Crippen molar-refractivity contribution in [3.63, 3.8) is 0 Å². The summed E-state index contributed by atoms with van der Waals surface area (Å²) in [5, 5.41) is 0. The number of carbonyl (C=O) groups is 1. The SMILES string of the molecule is C=C(/C(C(=O)OCC)=C(/N)c1ccc(F)cc1)c1ccccc1. The minimum absolute atomic E-state index is 0.185. The molecule has 0 saturated carbocycles. The van der Waals surface area contributed by atoms with Gasteiger partial charge in [-0.1, -0.05) is 36.9 Å². The summed E-state index contributed by atoms with van der Waals surface area (Å²) in [4.78, 5) is 12.3. The summed E-state index contributed by atoms with van der Waals surface area (Å²) in [6.07, 6.45) is 0. The van der Waals surface area contributed by atoms with E-state index in [9.17, 15) is 9.18 Å². The first kappa shape index (κ1) is 16.5. The van der Waals surface area contributed by atoms with Crippen LogP contribution in [0.1, 0.15) is 18.1 Å². The summed E-state index contributed by atoms with van der Waals surface area (Å²) in [6, 6.07) is 14.8. The van der Waals surface area contributed by atoms with Gasteiger partial charge in [0.25, 0.3) is 0 Å². The van der Waals surface area contributed by atoms with Crippen LogP contribution in [0.5, 0.6) is 0 Å². The van der Waals surface area contributed by atoms with Crippen molar-refractivity contribution in [3.8, 4) is 0 Å². The van der Waals surface area contributed by atoms with Gasteiger partial charge in [0.15, 0.2) is 0 Å². The number of rotatable bonds is 5. The van der Waals surface area contributed by atoms with Crippen molar-refractivity contribution in [1.29, 1.82) is 0 Å². The van der Waals surface area contributed by atoms with Crippen LogP contribution in [0, 0.1) is 5.82 Å². The second-order valence-electron chi connectivity index (χ2n) is 4.86. The summed E-state index contributed by atoms with van der Waals surface area (Å²) in [5.74, 6) is -0.927. The lowest BCUT2D eigenvalue weighted by Crippen LogP contribution is -2.15. The maximum absolute atomic E-state index is 13.1. The van der Waals surface area contributed by atoms with Gasteiger partial charge in [0.05, 0.1) is 17.9 Å².